The normalized spacial score (nSPS) is 20.1. The lowest BCUT2D eigenvalue weighted by atomic mass is 9.94. The van der Waals surface area contributed by atoms with Crippen LogP contribution in [0.5, 0.6) is 0 Å². The number of fused-ring (bicyclic) bond motifs is 1. The minimum atomic E-state index is -3.62. The highest BCUT2D eigenvalue weighted by Crippen LogP contribution is 2.29. The lowest BCUT2D eigenvalue weighted by Crippen LogP contribution is -2.42. The third-order valence-corrected chi connectivity index (χ3v) is 9.49. The van der Waals surface area contributed by atoms with Gasteiger partial charge in [-0.15, -0.1) is 0 Å². The number of nitrogens with one attached hydrogen (secondary N) is 1. The van der Waals surface area contributed by atoms with E-state index < -0.39 is 25.8 Å². The molecule has 1 fully saturated rings. The topological polar surface area (TPSA) is 114 Å². The van der Waals surface area contributed by atoms with Crippen molar-refractivity contribution < 1.29 is 21.6 Å². The Hall–Kier alpha value is -2.34. The second-order valence-corrected chi connectivity index (χ2v) is 13.7. The van der Waals surface area contributed by atoms with E-state index in [0.717, 1.165) is 12.7 Å². The third-order valence-electron chi connectivity index (χ3n) is 5.60. The molecule has 0 spiro atoms. The van der Waals surface area contributed by atoms with E-state index in [1.54, 1.807) is 6.07 Å². The molecule has 0 bridgehead atoms. The number of carbonyl (C=O) groups is 1. The van der Waals surface area contributed by atoms with E-state index in [1.165, 1.54) is 52.0 Å². The Morgan fingerprint density at radius 3 is 2.21 bits per heavy atom. The number of hydrogen-bond donors (Lipinski definition) is 1. The minimum absolute atomic E-state index is 0.161. The van der Waals surface area contributed by atoms with E-state index in [9.17, 15) is 21.6 Å². The zero-order valence-electron chi connectivity index (χ0n) is 18.5. The quantitative estimate of drug-likeness (QED) is 0.564. The van der Waals surface area contributed by atoms with Crippen molar-refractivity contribution in [1.29, 1.82) is 0 Å². The highest BCUT2D eigenvalue weighted by molar-refractivity contribution is 7.90. The maximum atomic E-state index is 13.0. The molecule has 176 valence electrons. The minimum Gasteiger partial charge on any atom is -0.298 e. The van der Waals surface area contributed by atoms with E-state index in [0.29, 0.717) is 45.8 Å². The molecule has 4 rings (SSSR count). The number of piperidine rings is 1. The Kier molecular flexibility index (Phi) is 6.34. The number of amides is 1. The molecule has 2 heterocycles. The molecule has 0 unspecified atom stereocenters. The van der Waals surface area contributed by atoms with Gasteiger partial charge in [0.1, 0.15) is 0 Å². The molecule has 0 radical (unpaired) electrons. The molecular weight excluding hydrogens is 482 g/mol. The van der Waals surface area contributed by atoms with Gasteiger partial charge < -0.3 is 0 Å². The summed E-state index contributed by atoms with van der Waals surface area (Å²) in [5.41, 5.74) is 0.875. The predicted octanol–water partition coefficient (Wildman–Crippen LogP) is 3.62. The molecule has 1 saturated heterocycles. The SMILES string of the molecule is C[C@@H]1C[C@@H](C)CN(S(=O)(=O)c2ccc(C(=O)Nc3nc4ccc(S(C)(=O)=O)cc4s3)cc2)C1. The van der Waals surface area contributed by atoms with Crippen molar-refractivity contribution >= 4 is 52.5 Å². The van der Waals surface area contributed by atoms with Crippen molar-refractivity contribution in [2.45, 2.75) is 30.1 Å². The highest BCUT2D eigenvalue weighted by Gasteiger charge is 2.31. The number of thiazole rings is 1. The van der Waals surface area contributed by atoms with Gasteiger partial charge in [-0.05, 0) is 60.7 Å². The first-order valence-electron chi connectivity index (χ1n) is 10.5. The lowest BCUT2D eigenvalue weighted by molar-refractivity contribution is 0.102. The number of sulfonamides is 1. The van der Waals surface area contributed by atoms with Crippen LogP contribution in [-0.4, -0.2) is 51.4 Å². The lowest BCUT2D eigenvalue weighted by Gasteiger charge is -2.34. The molecule has 2 atom stereocenters. The molecule has 3 aromatic rings. The number of nitrogens with zero attached hydrogens (tertiary/aromatic N) is 2. The molecule has 1 aliphatic heterocycles. The maximum absolute atomic E-state index is 13.0. The number of benzene rings is 2. The summed E-state index contributed by atoms with van der Waals surface area (Å²) in [6.45, 7) is 5.09. The summed E-state index contributed by atoms with van der Waals surface area (Å²) >= 11 is 1.17. The summed E-state index contributed by atoms with van der Waals surface area (Å²) in [6, 6.07) is 10.5. The van der Waals surface area contributed by atoms with Crippen molar-refractivity contribution in [1.82, 2.24) is 9.29 Å². The van der Waals surface area contributed by atoms with Gasteiger partial charge in [0.05, 0.1) is 20.0 Å². The Balaban J connectivity index is 1.50. The van der Waals surface area contributed by atoms with Crippen molar-refractivity contribution in [2.24, 2.45) is 11.8 Å². The highest BCUT2D eigenvalue weighted by atomic mass is 32.2. The van der Waals surface area contributed by atoms with Gasteiger partial charge in [-0.3, -0.25) is 10.1 Å². The van der Waals surface area contributed by atoms with Gasteiger partial charge in [0, 0.05) is 24.9 Å². The first-order chi connectivity index (χ1) is 15.4. The van der Waals surface area contributed by atoms with Gasteiger partial charge in [-0.25, -0.2) is 21.8 Å². The average molecular weight is 508 g/mol. The molecule has 2 aromatic carbocycles. The van der Waals surface area contributed by atoms with Crippen LogP contribution in [0.2, 0.25) is 0 Å². The second kappa shape index (κ2) is 8.79. The Morgan fingerprint density at radius 1 is 1.00 bits per heavy atom. The zero-order chi connectivity index (χ0) is 24.0. The van der Waals surface area contributed by atoms with Gasteiger partial charge >= 0.3 is 0 Å². The largest absolute Gasteiger partial charge is 0.298 e. The fourth-order valence-corrected chi connectivity index (χ4v) is 7.39. The van der Waals surface area contributed by atoms with E-state index in [4.69, 9.17) is 0 Å². The smallest absolute Gasteiger partial charge is 0.257 e. The molecule has 0 aliphatic carbocycles. The van der Waals surface area contributed by atoms with Crippen molar-refractivity contribution in [3.8, 4) is 0 Å². The van der Waals surface area contributed by atoms with E-state index in [-0.39, 0.29) is 9.79 Å². The number of anilines is 1. The fourth-order valence-electron chi connectivity index (χ4n) is 4.09. The first-order valence-corrected chi connectivity index (χ1v) is 14.6. The average Bonchev–Trinajstić information content (AvgIpc) is 3.14. The molecule has 1 aromatic heterocycles. The maximum Gasteiger partial charge on any atom is 0.257 e. The van der Waals surface area contributed by atoms with Crippen LogP contribution >= 0.6 is 11.3 Å². The van der Waals surface area contributed by atoms with E-state index >= 15 is 0 Å². The molecule has 1 aliphatic rings. The first kappa shape index (κ1) is 23.8. The molecule has 1 N–H and O–H groups in total. The fraction of sp³-hybridized carbons (Fsp3) is 0.364. The van der Waals surface area contributed by atoms with Crippen LogP contribution in [0.1, 0.15) is 30.6 Å². The summed E-state index contributed by atoms with van der Waals surface area (Å²) in [7, 11) is -6.96. The van der Waals surface area contributed by atoms with Crippen molar-refractivity contribution in [2.75, 3.05) is 24.7 Å². The predicted molar refractivity (Wildman–Crippen MR) is 129 cm³/mol. The molecular formula is C22H25N3O5S3. The summed E-state index contributed by atoms with van der Waals surface area (Å²) in [6.07, 6.45) is 2.14. The summed E-state index contributed by atoms with van der Waals surface area (Å²) in [5.74, 6) is 0.174. The van der Waals surface area contributed by atoms with Crippen LogP contribution in [0, 0.1) is 11.8 Å². The molecule has 8 nitrogen and oxygen atoms in total. The van der Waals surface area contributed by atoms with Crippen LogP contribution in [0.25, 0.3) is 10.2 Å². The summed E-state index contributed by atoms with van der Waals surface area (Å²) in [4.78, 5) is 17.3. The third kappa shape index (κ3) is 5.11. The molecule has 0 saturated carbocycles. The Labute approximate surface area is 197 Å². The van der Waals surface area contributed by atoms with Gasteiger partial charge in [0.15, 0.2) is 15.0 Å². The number of hydrogen-bond acceptors (Lipinski definition) is 7. The Bertz CT molecular complexity index is 1400. The number of aromatic nitrogens is 1. The van der Waals surface area contributed by atoms with Crippen molar-refractivity contribution in [3.63, 3.8) is 0 Å². The Morgan fingerprint density at radius 2 is 1.61 bits per heavy atom. The molecule has 1 amide bonds. The molecule has 11 heteroatoms. The van der Waals surface area contributed by atoms with E-state index in [2.05, 4.69) is 24.1 Å². The van der Waals surface area contributed by atoms with Crippen LogP contribution in [0.15, 0.2) is 52.3 Å². The van der Waals surface area contributed by atoms with Crippen LogP contribution in [-0.2, 0) is 19.9 Å². The number of rotatable bonds is 5. The monoisotopic (exact) mass is 507 g/mol. The summed E-state index contributed by atoms with van der Waals surface area (Å²) < 4.78 is 51.7. The van der Waals surface area contributed by atoms with Gasteiger partial charge in [-0.1, -0.05) is 25.2 Å². The summed E-state index contributed by atoms with van der Waals surface area (Å²) in [5, 5.41) is 3.03. The van der Waals surface area contributed by atoms with Gasteiger partial charge in [-0.2, -0.15) is 4.31 Å². The standard InChI is InChI=1S/C22H25N3O5S3/c1-14-10-15(2)13-25(12-14)33(29,30)17-6-4-16(5-7-17)21(26)24-22-23-19-9-8-18(32(3,27)28)11-20(19)31-22/h4-9,11,14-15H,10,12-13H2,1-3H3,(H,23,24,26)/t14-,15-/m1/s1. The second-order valence-electron chi connectivity index (χ2n) is 8.67. The zero-order valence-corrected chi connectivity index (χ0v) is 20.9. The van der Waals surface area contributed by atoms with Crippen LogP contribution < -0.4 is 5.32 Å². The van der Waals surface area contributed by atoms with Crippen LogP contribution in [0.4, 0.5) is 5.13 Å². The van der Waals surface area contributed by atoms with E-state index in [1.807, 2.05) is 0 Å². The molecule has 33 heavy (non-hydrogen) atoms. The van der Waals surface area contributed by atoms with Gasteiger partial charge in [0.25, 0.3) is 5.91 Å². The van der Waals surface area contributed by atoms with Crippen LogP contribution in [0.3, 0.4) is 0 Å². The number of sulfone groups is 1. The van der Waals surface area contributed by atoms with Crippen molar-refractivity contribution in [3.05, 3.63) is 48.0 Å². The van der Waals surface area contributed by atoms with Gasteiger partial charge in [0.2, 0.25) is 10.0 Å². The number of carbonyl (C=O) groups excluding carboxylic acids is 1.